The molecule has 1 aromatic carbocycles. The zero-order valence-electron chi connectivity index (χ0n) is 9.74. The minimum atomic E-state index is 0.362. The van der Waals surface area contributed by atoms with Crippen molar-refractivity contribution in [1.82, 2.24) is 0 Å². The van der Waals surface area contributed by atoms with Crippen molar-refractivity contribution in [3.05, 3.63) is 28.8 Å². The number of ether oxygens (including phenoxy) is 1. The van der Waals surface area contributed by atoms with Gasteiger partial charge >= 0.3 is 0 Å². The molecule has 4 heteroatoms. The first-order valence-electron chi connectivity index (χ1n) is 5.72. The van der Waals surface area contributed by atoms with Crippen molar-refractivity contribution in [2.24, 2.45) is 0 Å². The van der Waals surface area contributed by atoms with Crippen molar-refractivity contribution < 1.29 is 4.74 Å². The molecular weight excluding hydrogens is 236 g/mol. The Hall–Kier alpha value is -1.24. The van der Waals surface area contributed by atoms with Gasteiger partial charge in [-0.25, -0.2) is 0 Å². The second-order valence-electron chi connectivity index (χ2n) is 4.32. The molecule has 1 saturated carbocycles. The Balaban J connectivity index is 2.00. The van der Waals surface area contributed by atoms with E-state index in [4.69, 9.17) is 21.6 Å². The summed E-state index contributed by atoms with van der Waals surface area (Å²) in [6.45, 7) is 0. The summed E-state index contributed by atoms with van der Waals surface area (Å²) < 4.78 is 5.33. The Morgan fingerprint density at radius 1 is 1.47 bits per heavy atom. The van der Waals surface area contributed by atoms with Gasteiger partial charge in [0.25, 0.3) is 0 Å². The average molecular weight is 251 g/mol. The molecule has 90 valence electrons. The van der Waals surface area contributed by atoms with Crippen LogP contribution in [0.2, 0.25) is 5.02 Å². The highest BCUT2D eigenvalue weighted by molar-refractivity contribution is 6.32. The molecule has 0 spiro atoms. The Kier molecular flexibility index (Phi) is 3.88. The van der Waals surface area contributed by atoms with Gasteiger partial charge in [0.2, 0.25) is 0 Å². The number of nitriles is 1. The van der Waals surface area contributed by atoms with Crippen LogP contribution in [0, 0.1) is 11.3 Å². The molecule has 0 heterocycles. The van der Waals surface area contributed by atoms with Crippen LogP contribution in [0.15, 0.2) is 18.2 Å². The molecular formula is C13H15ClN2O. The quantitative estimate of drug-likeness (QED) is 0.896. The molecule has 0 amide bonds. The lowest BCUT2D eigenvalue weighted by atomic mass is 10.2. The largest absolute Gasteiger partial charge is 0.382 e. The van der Waals surface area contributed by atoms with Crippen LogP contribution < -0.4 is 5.32 Å². The summed E-state index contributed by atoms with van der Waals surface area (Å²) >= 11 is 5.98. The first-order chi connectivity index (χ1) is 8.22. The van der Waals surface area contributed by atoms with Crippen LogP contribution in [0.4, 0.5) is 5.69 Å². The molecule has 1 aliphatic carbocycles. The summed E-state index contributed by atoms with van der Waals surface area (Å²) in [5.41, 5.74) is 1.48. The zero-order chi connectivity index (χ0) is 12.3. The second-order valence-corrected chi connectivity index (χ2v) is 4.73. The molecule has 1 aliphatic rings. The number of halogens is 1. The van der Waals surface area contributed by atoms with Gasteiger partial charge in [-0.15, -0.1) is 0 Å². The van der Waals surface area contributed by atoms with Gasteiger partial charge in [0.05, 0.1) is 16.7 Å². The van der Waals surface area contributed by atoms with Crippen molar-refractivity contribution in [2.75, 3.05) is 12.4 Å². The summed E-state index contributed by atoms with van der Waals surface area (Å²) in [4.78, 5) is 0. The van der Waals surface area contributed by atoms with Crippen molar-refractivity contribution in [3.63, 3.8) is 0 Å². The van der Waals surface area contributed by atoms with Crippen LogP contribution in [0.3, 0.4) is 0 Å². The van der Waals surface area contributed by atoms with E-state index < -0.39 is 0 Å². The van der Waals surface area contributed by atoms with Crippen molar-refractivity contribution in [3.8, 4) is 6.07 Å². The molecule has 1 fully saturated rings. The number of methoxy groups -OCH3 is 1. The Bertz CT molecular complexity index is 442. The maximum Gasteiger partial charge on any atom is 0.101 e. The van der Waals surface area contributed by atoms with Crippen LogP contribution >= 0.6 is 11.6 Å². The monoisotopic (exact) mass is 250 g/mol. The minimum absolute atomic E-state index is 0.362. The molecule has 3 nitrogen and oxygen atoms in total. The van der Waals surface area contributed by atoms with E-state index >= 15 is 0 Å². The molecule has 2 unspecified atom stereocenters. The van der Waals surface area contributed by atoms with E-state index in [1.165, 1.54) is 0 Å². The molecule has 0 bridgehead atoms. The third-order valence-electron chi connectivity index (χ3n) is 3.18. The summed E-state index contributed by atoms with van der Waals surface area (Å²) in [7, 11) is 1.76. The first-order valence-corrected chi connectivity index (χ1v) is 6.09. The van der Waals surface area contributed by atoms with Crippen molar-refractivity contribution in [1.29, 1.82) is 5.26 Å². The van der Waals surface area contributed by atoms with Crippen molar-refractivity contribution in [2.45, 2.75) is 31.4 Å². The maximum atomic E-state index is 8.79. The van der Waals surface area contributed by atoms with Gasteiger partial charge in [-0.3, -0.25) is 0 Å². The van der Waals surface area contributed by atoms with E-state index in [-0.39, 0.29) is 0 Å². The predicted molar refractivity (Wildman–Crippen MR) is 68.2 cm³/mol. The standard InChI is InChI=1S/C13H15ClN2O/c1-17-12-5-4-10(6-12)16-11-3-2-9(8-15)13(14)7-11/h2-3,7,10,12,16H,4-6H2,1H3. The summed E-state index contributed by atoms with van der Waals surface area (Å²) in [6.07, 6.45) is 3.59. The molecule has 1 N–H and O–H groups in total. The number of nitrogens with one attached hydrogen (secondary N) is 1. The highest BCUT2D eigenvalue weighted by Gasteiger charge is 2.24. The Labute approximate surface area is 106 Å². The van der Waals surface area contributed by atoms with E-state index in [1.54, 1.807) is 19.2 Å². The summed E-state index contributed by atoms with van der Waals surface area (Å²) in [5.74, 6) is 0. The number of benzene rings is 1. The van der Waals surface area contributed by atoms with Crippen molar-refractivity contribution >= 4 is 17.3 Å². The van der Waals surface area contributed by atoms with Gasteiger partial charge in [0.1, 0.15) is 6.07 Å². The van der Waals surface area contributed by atoms with Gasteiger partial charge in [0.15, 0.2) is 0 Å². The van der Waals surface area contributed by atoms with E-state index in [0.29, 0.717) is 22.7 Å². The third kappa shape index (κ3) is 2.91. The second kappa shape index (κ2) is 5.39. The highest BCUT2D eigenvalue weighted by atomic mass is 35.5. The van der Waals surface area contributed by atoms with Crippen LogP contribution in [0.5, 0.6) is 0 Å². The lowest BCUT2D eigenvalue weighted by Gasteiger charge is -2.14. The summed E-state index contributed by atoms with van der Waals surface area (Å²) in [5, 5.41) is 12.7. The number of hydrogen-bond acceptors (Lipinski definition) is 3. The van der Waals surface area contributed by atoms with E-state index in [1.807, 2.05) is 6.07 Å². The number of rotatable bonds is 3. The van der Waals surface area contributed by atoms with E-state index in [2.05, 4.69) is 11.4 Å². The molecule has 2 atom stereocenters. The molecule has 2 rings (SSSR count). The molecule has 0 aliphatic heterocycles. The smallest absolute Gasteiger partial charge is 0.101 e. The van der Waals surface area contributed by atoms with E-state index in [0.717, 1.165) is 24.9 Å². The predicted octanol–water partition coefficient (Wildman–Crippen LogP) is 3.19. The summed E-state index contributed by atoms with van der Waals surface area (Å²) in [6, 6.07) is 7.93. The minimum Gasteiger partial charge on any atom is -0.382 e. The normalized spacial score (nSPS) is 23.4. The third-order valence-corrected chi connectivity index (χ3v) is 3.49. The van der Waals surface area contributed by atoms with E-state index in [9.17, 15) is 0 Å². The van der Waals surface area contributed by atoms with Gasteiger partial charge in [-0.2, -0.15) is 5.26 Å². The van der Waals surface area contributed by atoms with Gasteiger partial charge in [-0.05, 0) is 37.5 Å². The molecule has 0 radical (unpaired) electrons. The van der Waals surface area contributed by atoms with Crippen LogP contribution in [-0.4, -0.2) is 19.3 Å². The van der Waals surface area contributed by atoms with Gasteiger partial charge in [0, 0.05) is 18.8 Å². The topological polar surface area (TPSA) is 45.0 Å². The zero-order valence-corrected chi connectivity index (χ0v) is 10.5. The number of nitrogens with zero attached hydrogens (tertiary/aromatic N) is 1. The number of hydrogen-bond donors (Lipinski definition) is 1. The first kappa shape index (κ1) is 12.2. The SMILES string of the molecule is COC1CCC(Nc2ccc(C#N)c(Cl)c2)C1. The maximum absolute atomic E-state index is 8.79. The fraction of sp³-hybridized carbons (Fsp3) is 0.462. The lowest BCUT2D eigenvalue weighted by Crippen LogP contribution is -2.17. The van der Waals surface area contributed by atoms with Crippen LogP contribution in [0.1, 0.15) is 24.8 Å². The fourth-order valence-electron chi connectivity index (χ4n) is 2.22. The molecule has 1 aromatic rings. The average Bonchev–Trinajstić information content (AvgIpc) is 2.77. The lowest BCUT2D eigenvalue weighted by molar-refractivity contribution is 0.108. The molecule has 17 heavy (non-hydrogen) atoms. The van der Waals surface area contributed by atoms with Gasteiger partial charge < -0.3 is 10.1 Å². The highest BCUT2D eigenvalue weighted by Crippen LogP contribution is 2.26. The molecule has 0 saturated heterocycles. The number of anilines is 1. The Morgan fingerprint density at radius 2 is 2.29 bits per heavy atom. The van der Waals surface area contributed by atoms with Crippen LogP contribution in [-0.2, 0) is 4.74 Å². The van der Waals surface area contributed by atoms with Gasteiger partial charge in [-0.1, -0.05) is 11.6 Å². The Morgan fingerprint density at radius 3 is 2.88 bits per heavy atom. The molecule has 0 aromatic heterocycles. The van der Waals surface area contributed by atoms with Crippen LogP contribution in [0.25, 0.3) is 0 Å². The fourth-order valence-corrected chi connectivity index (χ4v) is 2.44.